The molecule has 0 heterocycles. The maximum atomic E-state index is 3.00. The van der Waals surface area contributed by atoms with Crippen molar-refractivity contribution in [2.75, 3.05) is 11.4 Å². The average Bonchev–Trinajstić information content (AvgIpc) is 3.07. The van der Waals surface area contributed by atoms with Gasteiger partial charge in [-0.25, -0.2) is 0 Å². The number of para-hydroxylation sites is 1. The van der Waals surface area contributed by atoms with Crippen LogP contribution >= 0.6 is 0 Å². The van der Waals surface area contributed by atoms with Crippen LogP contribution in [0.5, 0.6) is 0 Å². The minimum atomic E-state index is 0.238. The zero-order chi connectivity index (χ0) is 31.6. The third kappa shape index (κ3) is 10.2. The summed E-state index contributed by atoms with van der Waals surface area (Å²) in [7, 11) is 0. The Balaban J connectivity index is 2.16. The van der Waals surface area contributed by atoms with Gasteiger partial charge in [0.2, 0.25) is 0 Å². The first kappa shape index (κ1) is 35.9. The van der Waals surface area contributed by atoms with Crippen molar-refractivity contribution in [2.24, 2.45) is 0 Å². The maximum absolute atomic E-state index is 3.00. The first-order valence-electron chi connectivity index (χ1n) is 18.3. The number of unbranched alkanes of at least 4 members (excludes halogenated alkanes) is 5. The lowest BCUT2D eigenvalue weighted by atomic mass is 9.85. The van der Waals surface area contributed by atoms with Crippen LogP contribution in [0.3, 0.4) is 0 Å². The van der Waals surface area contributed by atoms with Crippen LogP contribution in [0.15, 0.2) is 84.9 Å². The first-order valence-corrected chi connectivity index (χ1v) is 18.3. The topological polar surface area (TPSA) is 6.48 Å². The van der Waals surface area contributed by atoms with E-state index in [1.807, 2.05) is 0 Å². The molecule has 0 aliphatic rings. The SMILES string of the molecule is CCCCCCCN(c1ccccc1)C(C)c1ccccc1C(c1ccccc1)N(C(CC)CCCC)C(CCC)CCC. The number of hydrogen-bond acceptors (Lipinski definition) is 2. The summed E-state index contributed by atoms with van der Waals surface area (Å²) in [5.41, 5.74) is 5.74. The Bertz CT molecular complexity index is 1120. The molecule has 3 aromatic carbocycles. The molecule has 0 fully saturated rings. The smallest absolute Gasteiger partial charge is 0.0610 e. The lowest BCUT2D eigenvalue weighted by Crippen LogP contribution is -2.46. The van der Waals surface area contributed by atoms with E-state index in [4.69, 9.17) is 0 Å². The Hall–Kier alpha value is -2.58. The molecule has 2 nitrogen and oxygen atoms in total. The van der Waals surface area contributed by atoms with Gasteiger partial charge in [-0.3, -0.25) is 4.90 Å². The van der Waals surface area contributed by atoms with Crippen molar-refractivity contribution in [3.05, 3.63) is 102 Å². The number of nitrogens with zero attached hydrogens (tertiary/aromatic N) is 2. The highest BCUT2D eigenvalue weighted by Crippen LogP contribution is 2.41. The molecule has 44 heavy (non-hydrogen) atoms. The second-order valence-corrected chi connectivity index (χ2v) is 12.9. The summed E-state index contributed by atoms with van der Waals surface area (Å²) in [6, 6.07) is 33.7. The number of benzene rings is 3. The van der Waals surface area contributed by atoms with E-state index in [1.165, 1.54) is 106 Å². The first-order chi connectivity index (χ1) is 21.6. The van der Waals surface area contributed by atoms with Gasteiger partial charge in [-0.15, -0.1) is 0 Å². The molecule has 3 rings (SSSR count). The van der Waals surface area contributed by atoms with Crippen molar-refractivity contribution in [3.63, 3.8) is 0 Å². The van der Waals surface area contributed by atoms with Gasteiger partial charge in [0.25, 0.3) is 0 Å². The normalized spacial score (nSPS) is 13.7. The molecule has 0 radical (unpaired) electrons. The van der Waals surface area contributed by atoms with Crippen LogP contribution in [0.2, 0.25) is 0 Å². The van der Waals surface area contributed by atoms with Crippen LogP contribution in [-0.4, -0.2) is 23.5 Å². The summed E-state index contributed by atoms with van der Waals surface area (Å²) in [6.07, 6.45) is 16.5. The number of hydrogen-bond donors (Lipinski definition) is 0. The van der Waals surface area contributed by atoms with Gasteiger partial charge in [0, 0.05) is 24.3 Å². The van der Waals surface area contributed by atoms with E-state index in [-0.39, 0.29) is 12.1 Å². The van der Waals surface area contributed by atoms with Gasteiger partial charge in [-0.2, -0.15) is 0 Å². The monoisotopic (exact) mass is 597 g/mol. The molecular weight excluding hydrogens is 532 g/mol. The molecule has 0 saturated carbocycles. The number of rotatable bonds is 22. The highest BCUT2D eigenvalue weighted by Gasteiger charge is 2.35. The van der Waals surface area contributed by atoms with Gasteiger partial charge in [-0.05, 0) is 67.9 Å². The Morgan fingerprint density at radius 1 is 0.523 bits per heavy atom. The van der Waals surface area contributed by atoms with Gasteiger partial charge in [-0.1, -0.05) is 159 Å². The quantitative estimate of drug-likeness (QED) is 0.106. The maximum Gasteiger partial charge on any atom is 0.0610 e. The van der Waals surface area contributed by atoms with E-state index in [0.717, 1.165) is 6.54 Å². The van der Waals surface area contributed by atoms with Crippen molar-refractivity contribution in [1.82, 2.24) is 4.90 Å². The van der Waals surface area contributed by atoms with Gasteiger partial charge < -0.3 is 4.90 Å². The summed E-state index contributed by atoms with van der Waals surface area (Å²) < 4.78 is 0. The molecule has 0 aliphatic heterocycles. The van der Waals surface area contributed by atoms with Crippen LogP contribution in [0, 0.1) is 0 Å². The highest BCUT2D eigenvalue weighted by molar-refractivity contribution is 5.50. The predicted molar refractivity (Wildman–Crippen MR) is 195 cm³/mol. The summed E-state index contributed by atoms with van der Waals surface area (Å²) in [4.78, 5) is 5.68. The number of anilines is 1. The lowest BCUT2D eigenvalue weighted by Gasteiger charge is -2.45. The van der Waals surface area contributed by atoms with E-state index >= 15 is 0 Å². The van der Waals surface area contributed by atoms with E-state index in [1.54, 1.807) is 0 Å². The standard InChI is InChI=1S/C42H64N2/c1-7-12-14-15-24-34-43(38-30-20-17-21-31-38)35(6)40-32-22-23-33-41(40)42(36-27-18-16-19-28-36)44(37(11-5)29-13-8-2)39(25-9-3)26-10-4/h16-23,27-28,30-33,35,37,39,42H,7-15,24-26,29,34H2,1-6H3. The van der Waals surface area contributed by atoms with Crippen LogP contribution in [0.25, 0.3) is 0 Å². The molecule has 0 aliphatic carbocycles. The van der Waals surface area contributed by atoms with Gasteiger partial charge in [0.15, 0.2) is 0 Å². The Morgan fingerprint density at radius 3 is 1.68 bits per heavy atom. The van der Waals surface area contributed by atoms with Crippen molar-refractivity contribution in [1.29, 1.82) is 0 Å². The fourth-order valence-corrected chi connectivity index (χ4v) is 7.34. The Morgan fingerprint density at radius 2 is 1.09 bits per heavy atom. The fraction of sp³-hybridized carbons (Fsp3) is 0.571. The molecule has 3 atom stereocenters. The highest BCUT2D eigenvalue weighted by atomic mass is 15.2. The van der Waals surface area contributed by atoms with Crippen molar-refractivity contribution in [3.8, 4) is 0 Å². The van der Waals surface area contributed by atoms with Gasteiger partial charge in [0.05, 0.1) is 12.1 Å². The van der Waals surface area contributed by atoms with E-state index in [0.29, 0.717) is 12.1 Å². The molecular formula is C42H64N2. The average molecular weight is 597 g/mol. The summed E-state index contributed by atoms with van der Waals surface area (Å²) in [5.74, 6) is 0. The predicted octanol–water partition coefficient (Wildman–Crippen LogP) is 12.6. The molecule has 0 amide bonds. The molecule has 3 aromatic rings. The Labute approximate surface area is 272 Å². The van der Waals surface area contributed by atoms with Crippen molar-refractivity contribution >= 4 is 5.69 Å². The molecule has 0 aromatic heterocycles. The van der Waals surface area contributed by atoms with Crippen LogP contribution in [-0.2, 0) is 0 Å². The lowest BCUT2D eigenvalue weighted by molar-refractivity contribution is 0.0729. The summed E-state index contributed by atoms with van der Waals surface area (Å²) >= 11 is 0. The summed E-state index contributed by atoms with van der Waals surface area (Å²) in [5, 5.41) is 0. The van der Waals surface area contributed by atoms with Crippen LogP contribution in [0.1, 0.15) is 154 Å². The molecule has 0 bridgehead atoms. The molecule has 0 saturated heterocycles. The third-order valence-corrected chi connectivity index (χ3v) is 9.66. The molecule has 3 unspecified atom stereocenters. The molecule has 2 heteroatoms. The summed E-state index contributed by atoms with van der Waals surface area (Å²) in [6.45, 7) is 15.4. The van der Waals surface area contributed by atoms with E-state index in [2.05, 4.69) is 136 Å². The van der Waals surface area contributed by atoms with Gasteiger partial charge in [0.1, 0.15) is 0 Å². The van der Waals surface area contributed by atoms with Crippen molar-refractivity contribution < 1.29 is 0 Å². The zero-order valence-electron chi connectivity index (χ0n) is 29.2. The van der Waals surface area contributed by atoms with E-state index < -0.39 is 0 Å². The molecule has 0 spiro atoms. The zero-order valence-corrected chi connectivity index (χ0v) is 29.2. The van der Waals surface area contributed by atoms with Crippen molar-refractivity contribution in [2.45, 2.75) is 149 Å². The Kier molecular flexibility index (Phi) is 16.7. The fourth-order valence-electron chi connectivity index (χ4n) is 7.34. The third-order valence-electron chi connectivity index (χ3n) is 9.66. The van der Waals surface area contributed by atoms with Gasteiger partial charge >= 0.3 is 0 Å². The van der Waals surface area contributed by atoms with Crippen LogP contribution in [0.4, 0.5) is 5.69 Å². The second-order valence-electron chi connectivity index (χ2n) is 12.9. The largest absolute Gasteiger partial charge is 0.365 e. The molecule has 0 N–H and O–H groups in total. The minimum Gasteiger partial charge on any atom is -0.365 e. The minimum absolute atomic E-state index is 0.238. The second kappa shape index (κ2) is 20.5. The van der Waals surface area contributed by atoms with Crippen LogP contribution < -0.4 is 4.90 Å². The van der Waals surface area contributed by atoms with E-state index in [9.17, 15) is 0 Å². The molecule has 242 valence electrons.